The van der Waals surface area contributed by atoms with Crippen LogP contribution in [0.1, 0.15) is 96.8 Å². The Bertz CT molecular complexity index is 420. The van der Waals surface area contributed by atoms with Gasteiger partial charge in [-0.05, 0) is 32.1 Å². The minimum absolute atomic E-state index is 0. The lowest BCUT2D eigenvalue weighted by Crippen LogP contribution is -2.18. The number of rotatable bonds is 18. The molecule has 4 N–H and O–H groups in total. The quantitative estimate of drug-likeness (QED) is 0.159. The summed E-state index contributed by atoms with van der Waals surface area (Å²) in [5.74, 6) is 0. The third kappa shape index (κ3) is 16.7. The van der Waals surface area contributed by atoms with Crippen molar-refractivity contribution in [2.45, 2.75) is 103 Å². The minimum Gasteiger partial charge on any atom is -0.756 e. The molecule has 0 aromatic rings. The van der Waals surface area contributed by atoms with Gasteiger partial charge in [0.15, 0.2) is 0 Å². The van der Waals surface area contributed by atoms with E-state index in [2.05, 4.69) is 23.6 Å². The molecule has 0 bridgehead atoms. The number of ether oxygens (including phenoxy) is 1. The summed E-state index contributed by atoms with van der Waals surface area (Å²) in [6, 6.07) is 0. The van der Waals surface area contributed by atoms with Crippen molar-refractivity contribution in [3.63, 3.8) is 0 Å². The Morgan fingerprint density at radius 2 is 1.46 bits per heavy atom. The van der Waals surface area contributed by atoms with Crippen LogP contribution in [0.25, 0.3) is 0 Å². The Morgan fingerprint density at radius 3 is 2.00 bits per heavy atom. The predicted molar refractivity (Wildman–Crippen MR) is 115 cm³/mol. The average molecular weight is 422 g/mol. The SMILES string of the molecule is CCCCCCCC/C=C/CCCCCCCCOC[C@@H]1COP(=O)([O-])O1.[NH4+]. The normalized spacial score (nSPS) is 22.0. The fraction of sp³-hybridized carbons (Fsp3) is 0.905. The van der Waals surface area contributed by atoms with Crippen LogP contribution in [0.3, 0.4) is 0 Å². The first-order chi connectivity index (χ1) is 13.1. The van der Waals surface area contributed by atoms with Gasteiger partial charge in [-0.2, -0.15) is 0 Å². The molecule has 0 aromatic heterocycles. The van der Waals surface area contributed by atoms with E-state index in [1.165, 1.54) is 77.0 Å². The molecular formula is C21H44NO5P. The monoisotopic (exact) mass is 421 g/mol. The molecule has 0 aromatic carbocycles. The highest BCUT2D eigenvalue weighted by atomic mass is 31.2. The van der Waals surface area contributed by atoms with E-state index >= 15 is 0 Å². The lowest BCUT2D eigenvalue weighted by atomic mass is 10.1. The predicted octanol–water partition coefficient (Wildman–Crippen LogP) is 6.30. The second-order valence-corrected chi connectivity index (χ2v) is 8.85. The van der Waals surface area contributed by atoms with Crippen LogP contribution in [0.15, 0.2) is 12.2 Å². The van der Waals surface area contributed by atoms with Crippen LogP contribution in [-0.4, -0.2) is 25.9 Å². The van der Waals surface area contributed by atoms with E-state index in [0.29, 0.717) is 6.61 Å². The largest absolute Gasteiger partial charge is 0.756 e. The van der Waals surface area contributed by atoms with Crippen molar-refractivity contribution in [2.75, 3.05) is 19.8 Å². The lowest BCUT2D eigenvalue weighted by molar-refractivity contribution is -0.215. The molecule has 28 heavy (non-hydrogen) atoms. The number of allylic oxidation sites excluding steroid dienone is 2. The molecule has 1 aliphatic heterocycles. The van der Waals surface area contributed by atoms with Gasteiger partial charge in [0.05, 0.1) is 13.2 Å². The number of hydrogen-bond donors (Lipinski definition) is 1. The highest BCUT2D eigenvalue weighted by Gasteiger charge is 2.27. The fourth-order valence-corrected chi connectivity index (χ4v) is 4.06. The van der Waals surface area contributed by atoms with Crippen molar-refractivity contribution >= 4 is 7.82 Å². The van der Waals surface area contributed by atoms with Crippen molar-refractivity contribution in [1.29, 1.82) is 0 Å². The zero-order valence-electron chi connectivity index (χ0n) is 18.2. The number of quaternary nitrogens is 1. The third-order valence-corrected chi connectivity index (χ3v) is 5.82. The molecular weight excluding hydrogens is 377 g/mol. The molecule has 168 valence electrons. The standard InChI is InChI=1S/C21H41O5P.H3N/c1-2-3-4-5-6-7-8-9-10-11-12-13-14-15-16-17-18-24-19-21-20-25-27(22,23)26-21;/h9-10,21H,2-8,11-20H2,1H3,(H,22,23);1H3/b10-9+;/t21-;/m1./s1. The fourth-order valence-electron chi connectivity index (χ4n) is 3.16. The molecule has 0 radical (unpaired) electrons. The number of hydrogen-bond acceptors (Lipinski definition) is 5. The summed E-state index contributed by atoms with van der Waals surface area (Å²) in [5.41, 5.74) is 0. The van der Waals surface area contributed by atoms with Crippen molar-refractivity contribution in [3.8, 4) is 0 Å². The Labute approximate surface area is 172 Å². The molecule has 1 unspecified atom stereocenters. The van der Waals surface area contributed by atoms with Gasteiger partial charge in [-0.1, -0.05) is 76.9 Å². The summed E-state index contributed by atoms with van der Waals surface area (Å²) < 4.78 is 25.7. The van der Waals surface area contributed by atoms with Crippen LogP contribution in [0, 0.1) is 0 Å². The summed E-state index contributed by atoms with van der Waals surface area (Å²) in [5, 5.41) is 0. The molecule has 0 amide bonds. The van der Waals surface area contributed by atoms with E-state index in [9.17, 15) is 9.46 Å². The smallest absolute Gasteiger partial charge is 0.268 e. The molecule has 7 heteroatoms. The third-order valence-electron chi connectivity index (χ3n) is 4.80. The van der Waals surface area contributed by atoms with E-state index in [-0.39, 0.29) is 19.4 Å². The molecule has 1 saturated heterocycles. The van der Waals surface area contributed by atoms with Gasteiger partial charge in [0.1, 0.15) is 6.10 Å². The summed E-state index contributed by atoms with van der Waals surface area (Å²) in [4.78, 5) is 11.0. The molecule has 6 nitrogen and oxygen atoms in total. The summed E-state index contributed by atoms with van der Waals surface area (Å²) in [6.45, 7) is 3.29. The zero-order valence-corrected chi connectivity index (χ0v) is 19.1. The van der Waals surface area contributed by atoms with Crippen molar-refractivity contribution in [1.82, 2.24) is 6.15 Å². The average Bonchev–Trinajstić information content (AvgIpc) is 2.99. The number of unbranched alkanes of at least 4 members (excludes halogenated alkanes) is 12. The van der Waals surface area contributed by atoms with Gasteiger partial charge in [0, 0.05) is 6.61 Å². The molecule has 1 rings (SSSR count). The van der Waals surface area contributed by atoms with Crippen LogP contribution < -0.4 is 11.0 Å². The van der Waals surface area contributed by atoms with Gasteiger partial charge in [-0.25, -0.2) is 0 Å². The van der Waals surface area contributed by atoms with Gasteiger partial charge in [0.2, 0.25) is 0 Å². The second-order valence-electron chi connectivity index (χ2n) is 7.48. The Kier molecular flexibility index (Phi) is 18.6. The maximum atomic E-state index is 11.0. The van der Waals surface area contributed by atoms with E-state index < -0.39 is 13.9 Å². The first-order valence-corrected chi connectivity index (χ1v) is 12.5. The van der Waals surface area contributed by atoms with E-state index in [4.69, 9.17) is 9.26 Å². The van der Waals surface area contributed by atoms with Crippen LogP contribution in [0.4, 0.5) is 0 Å². The molecule has 0 spiro atoms. The van der Waals surface area contributed by atoms with Gasteiger partial charge >= 0.3 is 0 Å². The zero-order chi connectivity index (χ0) is 19.6. The molecule has 2 atom stereocenters. The van der Waals surface area contributed by atoms with Crippen molar-refractivity contribution in [3.05, 3.63) is 12.2 Å². The van der Waals surface area contributed by atoms with E-state index in [1.54, 1.807) is 0 Å². The summed E-state index contributed by atoms with van der Waals surface area (Å²) in [6.07, 6.45) is 22.2. The maximum absolute atomic E-state index is 11.0. The highest BCUT2D eigenvalue weighted by molar-refractivity contribution is 7.46. The number of phosphoric acid groups is 1. The molecule has 1 fully saturated rings. The van der Waals surface area contributed by atoms with Crippen LogP contribution >= 0.6 is 7.82 Å². The van der Waals surface area contributed by atoms with Gasteiger partial charge < -0.3 is 24.8 Å². The first kappa shape index (κ1) is 27.8. The topological polar surface area (TPSA) is 104 Å². The summed E-state index contributed by atoms with van der Waals surface area (Å²) in [7, 11) is -4.03. The summed E-state index contributed by atoms with van der Waals surface area (Å²) >= 11 is 0. The van der Waals surface area contributed by atoms with Crippen molar-refractivity contribution in [2.24, 2.45) is 0 Å². The highest BCUT2D eigenvalue weighted by Crippen LogP contribution is 2.45. The molecule has 0 saturated carbocycles. The van der Waals surface area contributed by atoms with Gasteiger partial charge in [-0.15, -0.1) is 0 Å². The minimum atomic E-state index is -4.03. The molecule has 1 heterocycles. The van der Waals surface area contributed by atoms with E-state index in [1.807, 2.05) is 0 Å². The number of phosphoric ester groups is 1. The van der Waals surface area contributed by atoms with Crippen LogP contribution in [0.2, 0.25) is 0 Å². The Morgan fingerprint density at radius 1 is 0.929 bits per heavy atom. The second kappa shape index (κ2) is 18.8. The van der Waals surface area contributed by atoms with Crippen LogP contribution in [0.5, 0.6) is 0 Å². The Balaban J connectivity index is 0.00000729. The van der Waals surface area contributed by atoms with Crippen LogP contribution in [-0.2, 0) is 18.3 Å². The molecule has 0 aliphatic carbocycles. The lowest BCUT2D eigenvalue weighted by Gasteiger charge is -2.14. The van der Waals surface area contributed by atoms with Gasteiger partial charge in [0.25, 0.3) is 7.82 Å². The molecule has 1 aliphatic rings. The first-order valence-electron chi connectivity index (χ1n) is 11.0. The van der Waals surface area contributed by atoms with Crippen molar-refractivity contribution < 1.29 is 23.2 Å². The van der Waals surface area contributed by atoms with E-state index in [0.717, 1.165) is 12.8 Å². The van der Waals surface area contributed by atoms with Gasteiger partial charge in [-0.3, -0.25) is 4.57 Å². The Hall–Kier alpha value is -0.230. The maximum Gasteiger partial charge on any atom is 0.268 e.